The molecule has 2 heterocycles. The van der Waals surface area contributed by atoms with E-state index in [4.69, 9.17) is 10.5 Å². The number of aliphatic imine (C=N–C) groups is 1. The second-order valence-corrected chi connectivity index (χ2v) is 7.25. The zero-order valence-corrected chi connectivity index (χ0v) is 15.7. The topological polar surface area (TPSA) is 71.7 Å². The molecule has 0 aliphatic carbocycles. The number of anilines is 3. The average molecular weight is 364 g/mol. The van der Waals surface area contributed by atoms with E-state index in [1.165, 1.54) is 40.1 Å². The molecule has 2 aromatic carbocycles. The van der Waals surface area contributed by atoms with Gasteiger partial charge in [-0.1, -0.05) is 24.3 Å². The van der Waals surface area contributed by atoms with E-state index in [1.807, 2.05) is 0 Å². The third-order valence-electron chi connectivity index (χ3n) is 5.55. The Morgan fingerprint density at radius 1 is 1.11 bits per heavy atom. The quantitative estimate of drug-likeness (QED) is 0.428. The van der Waals surface area contributed by atoms with Crippen LogP contribution in [0.25, 0.3) is 0 Å². The number of rotatable bonds is 5. The van der Waals surface area contributed by atoms with Gasteiger partial charge >= 0.3 is 0 Å². The maximum Gasteiger partial charge on any atom is 0.0798 e. The lowest BCUT2D eigenvalue weighted by Gasteiger charge is -2.26. The molecule has 0 saturated carbocycles. The number of hydrogen-bond donors (Lipinski definition) is 3. The summed E-state index contributed by atoms with van der Waals surface area (Å²) in [6.07, 6.45) is 5.68. The predicted molar refractivity (Wildman–Crippen MR) is 112 cm³/mol. The van der Waals surface area contributed by atoms with E-state index in [2.05, 4.69) is 52.0 Å². The molecule has 5 heteroatoms. The Balaban J connectivity index is 1.66. The second kappa shape index (κ2) is 8.44. The van der Waals surface area contributed by atoms with Crippen molar-refractivity contribution in [2.45, 2.75) is 31.6 Å². The summed E-state index contributed by atoms with van der Waals surface area (Å²) in [5, 5.41) is 7.25. The molecule has 0 atom stereocenters. The van der Waals surface area contributed by atoms with Gasteiger partial charge in [0.25, 0.3) is 0 Å². The second-order valence-electron chi connectivity index (χ2n) is 7.25. The first-order valence-corrected chi connectivity index (χ1v) is 9.88. The lowest BCUT2D eigenvalue weighted by Crippen LogP contribution is -2.17. The average Bonchev–Trinajstić information content (AvgIpc) is 2.90. The minimum absolute atomic E-state index is 0.551. The molecule has 1 saturated heterocycles. The lowest BCUT2D eigenvalue weighted by molar-refractivity contribution is 0.0854. The van der Waals surface area contributed by atoms with E-state index in [1.54, 1.807) is 0 Å². The van der Waals surface area contributed by atoms with Crippen LogP contribution in [0.3, 0.4) is 0 Å². The summed E-state index contributed by atoms with van der Waals surface area (Å²) >= 11 is 0. The highest BCUT2D eigenvalue weighted by Gasteiger charge is 2.22. The standard InChI is InChI=1S/C22H28N4O/c23-15-24-9-10-25-22-14-21-18(13-19(22)16-7-11-27-12-8-16)6-5-17-3-1-2-4-20(17)26-21/h1-4,13-16,25-26H,5-12H2,(H2,23,24). The number of ether oxygens (including phenoxy) is 1. The summed E-state index contributed by atoms with van der Waals surface area (Å²) in [6.45, 7) is 3.15. The fourth-order valence-corrected chi connectivity index (χ4v) is 4.09. The number of nitrogens with one attached hydrogen (secondary N) is 2. The Morgan fingerprint density at radius 3 is 2.78 bits per heavy atom. The zero-order valence-electron chi connectivity index (χ0n) is 15.7. The first kappa shape index (κ1) is 17.9. The highest BCUT2D eigenvalue weighted by molar-refractivity contribution is 5.74. The zero-order chi connectivity index (χ0) is 18.5. The van der Waals surface area contributed by atoms with E-state index in [9.17, 15) is 0 Å². The van der Waals surface area contributed by atoms with Gasteiger partial charge in [0.2, 0.25) is 0 Å². The number of benzene rings is 2. The highest BCUT2D eigenvalue weighted by atomic mass is 16.5. The number of nitrogens with two attached hydrogens (primary N) is 1. The van der Waals surface area contributed by atoms with Crippen molar-refractivity contribution < 1.29 is 4.74 Å². The Bertz CT molecular complexity index is 812. The summed E-state index contributed by atoms with van der Waals surface area (Å²) in [7, 11) is 0. The van der Waals surface area contributed by atoms with E-state index in [0.29, 0.717) is 12.5 Å². The Labute approximate surface area is 161 Å². The van der Waals surface area contributed by atoms with Crippen molar-refractivity contribution in [1.82, 2.24) is 0 Å². The van der Waals surface area contributed by atoms with Crippen LogP contribution in [-0.4, -0.2) is 32.6 Å². The summed E-state index contributed by atoms with van der Waals surface area (Å²) in [4.78, 5) is 4.12. The fraction of sp³-hybridized carbons (Fsp3) is 0.409. The Hall–Kier alpha value is -2.53. The molecule has 142 valence electrons. The smallest absolute Gasteiger partial charge is 0.0798 e. The molecule has 1 fully saturated rings. The van der Waals surface area contributed by atoms with Gasteiger partial charge in [-0.15, -0.1) is 0 Å². The molecule has 0 radical (unpaired) electrons. The molecule has 2 aliphatic heterocycles. The van der Waals surface area contributed by atoms with Gasteiger partial charge in [-0.05, 0) is 60.4 Å². The van der Waals surface area contributed by atoms with Crippen molar-refractivity contribution in [3.8, 4) is 0 Å². The lowest BCUT2D eigenvalue weighted by atomic mass is 9.88. The SMILES string of the molecule is NC=NCCNc1cc2c(cc1C1CCOCC1)CCc1ccccc1N2. The summed E-state index contributed by atoms with van der Waals surface area (Å²) in [5.41, 5.74) is 13.2. The van der Waals surface area contributed by atoms with Crippen LogP contribution < -0.4 is 16.4 Å². The molecule has 0 unspecified atom stereocenters. The molecule has 0 amide bonds. The molecule has 0 aromatic heterocycles. The number of fused-ring (bicyclic) bond motifs is 2. The van der Waals surface area contributed by atoms with Crippen molar-refractivity contribution in [3.05, 3.63) is 53.1 Å². The van der Waals surface area contributed by atoms with E-state index < -0.39 is 0 Å². The van der Waals surface area contributed by atoms with Gasteiger partial charge in [-0.2, -0.15) is 0 Å². The van der Waals surface area contributed by atoms with Gasteiger partial charge in [-0.25, -0.2) is 0 Å². The van der Waals surface area contributed by atoms with Gasteiger partial charge < -0.3 is 21.1 Å². The first-order chi connectivity index (χ1) is 13.3. The summed E-state index contributed by atoms with van der Waals surface area (Å²) in [5.74, 6) is 0.551. The molecule has 5 nitrogen and oxygen atoms in total. The van der Waals surface area contributed by atoms with Gasteiger partial charge in [0.15, 0.2) is 0 Å². The van der Waals surface area contributed by atoms with E-state index in [0.717, 1.165) is 45.4 Å². The monoisotopic (exact) mass is 364 g/mol. The van der Waals surface area contributed by atoms with E-state index >= 15 is 0 Å². The molecular formula is C22H28N4O. The molecule has 0 bridgehead atoms. The maximum absolute atomic E-state index is 5.58. The van der Waals surface area contributed by atoms with Gasteiger partial charge in [0.1, 0.15) is 0 Å². The van der Waals surface area contributed by atoms with Crippen LogP contribution >= 0.6 is 0 Å². The number of hydrogen-bond acceptors (Lipinski definition) is 4. The van der Waals surface area contributed by atoms with Crippen molar-refractivity contribution in [2.75, 3.05) is 36.9 Å². The minimum Gasteiger partial charge on any atom is -0.390 e. The van der Waals surface area contributed by atoms with Crippen LogP contribution in [0.4, 0.5) is 17.1 Å². The van der Waals surface area contributed by atoms with Crippen LogP contribution in [0.5, 0.6) is 0 Å². The Morgan fingerprint density at radius 2 is 1.93 bits per heavy atom. The summed E-state index contributed by atoms with van der Waals surface area (Å²) in [6, 6.07) is 13.3. The molecule has 4 rings (SSSR count). The minimum atomic E-state index is 0.551. The Kier molecular flexibility index (Phi) is 5.58. The molecule has 2 aromatic rings. The van der Waals surface area contributed by atoms with Gasteiger partial charge in [0.05, 0.1) is 12.9 Å². The molecule has 27 heavy (non-hydrogen) atoms. The largest absolute Gasteiger partial charge is 0.390 e. The molecule has 2 aliphatic rings. The van der Waals surface area contributed by atoms with Crippen molar-refractivity contribution >= 4 is 23.4 Å². The van der Waals surface area contributed by atoms with Crippen LogP contribution in [0.2, 0.25) is 0 Å². The predicted octanol–water partition coefficient (Wildman–Crippen LogP) is 3.82. The number of nitrogens with zero attached hydrogens (tertiary/aromatic N) is 1. The van der Waals surface area contributed by atoms with Crippen molar-refractivity contribution in [1.29, 1.82) is 0 Å². The van der Waals surface area contributed by atoms with Crippen molar-refractivity contribution in [3.63, 3.8) is 0 Å². The first-order valence-electron chi connectivity index (χ1n) is 9.88. The van der Waals surface area contributed by atoms with Gasteiger partial charge in [0, 0.05) is 36.8 Å². The van der Waals surface area contributed by atoms with Gasteiger partial charge in [-0.3, -0.25) is 4.99 Å². The van der Waals surface area contributed by atoms with Crippen LogP contribution in [0.1, 0.15) is 35.4 Å². The van der Waals surface area contributed by atoms with Crippen LogP contribution in [0, 0.1) is 0 Å². The third-order valence-corrected chi connectivity index (χ3v) is 5.55. The van der Waals surface area contributed by atoms with Crippen LogP contribution in [-0.2, 0) is 17.6 Å². The molecular weight excluding hydrogens is 336 g/mol. The fourth-order valence-electron chi connectivity index (χ4n) is 4.09. The van der Waals surface area contributed by atoms with Crippen LogP contribution in [0.15, 0.2) is 41.4 Å². The summed E-state index contributed by atoms with van der Waals surface area (Å²) < 4.78 is 5.58. The number of para-hydroxylation sites is 1. The van der Waals surface area contributed by atoms with E-state index in [-0.39, 0.29) is 0 Å². The highest BCUT2D eigenvalue weighted by Crippen LogP contribution is 2.39. The molecule has 0 spiro atoms. The maximum atomic E-state index is 5.58. The third kappa shape index (κ3) is 4.08. The molecule has 4 N–H and O–H groups in total. The number of aryl methyl sites for hydroxylation is 2. The van der Waals surface area contributed by atoms with Crippen molar-refractivity contribution in [2.24, 2.45) is 10.7 Å². The normalized spacial score (nSPS) is 17.0.